The van der Waals surface area contributed by atoms with Gasteiger partial charge in [0, 0.05) is 35.3 Å². The largest absolute Gasteiger partial charge is 0.497 e. The van der Waals surface area contributed by atoms with Crippen LogP contribution in [0, 0.1) is 0 Å². The first kappa shape index (κ1) is 44.5. The van der Waals surface area contributed by atoms with Gasteiger partial charge in [-0.15, -0.1) is 0 Å². The summed E-state index contributed by atoms with van der Waals surface area (Å²) in [6.07, 6.45) is -3.11. The topological polar surface area (TPSA) is 112 Å². The summed E-state index contributed by atoms with van der Waals surface area (Å²) in [5.41, 5.74) is 0. The van der Waals surface area contributed by atoms with E-state index in [0.717, 1.165) is 44.2 Å². The fourth-order valence-electron chi connectivity index (χ4n) is 6.04. The van der Waals surface area contributed by atoms with Crippen LogP contribution in [-0.2, 0) is 27.7 Å². The molecule has 1 aliphatic rings. The van der Waals surface area contributed by atoms with Gasteiger partial charge in [0.1, 0.15) is 47.4 Å². The fraction of sp³-hybridized carbons (Fsp3) is 0.419. The second kappa shape index (κ2) is 19.9. The Morgan fingerprint density at radius 2 is 0.982 bits per heavy atom. The van der Waals surface area contributed by atoms with Gasteiger partial charge in [-0.25, -0.2) is 0 Å². The summed E-state index contributed by atoms with van der Waals surface area (Å²) in [5.74, 6) is 2.63. The van der Waals surface area contributed by atoms with E-state index in [1.54, 1.807) is 35.5 Å². The zero-order valence-corrected chi connectivity index (χ0v) is 37.6. The molecule has 308 valence electrons. The maximum absolute atomic E-state index is 13.0. The van der Waals surface area contributed by atoms with Crippen LogP contribution in [0.1, 0.15) is 27.7 Å². The minimum atomic E-state index is -2.29. The maximum Gasteiger partial charge on any atom is 0.217 e. The van der Waals surface area contributed by atoms with E-state index in [9.17, 15) is 4.79 Å². The van der Waals surface area contributed by atoms with E-state index < -0.39 is 55.3 Å². The van der Waals surface area contributed by atoms with Crippen LogP contribution >= 0.6 is 16.3 Å². The Bertz CT molecular complexity index is 1760. The molecule has 4 aromatic carbocycles. The van der Waals surface area contributed by atoms with Crippen LogP contribution in [0.3, 0.4) is 0 Å². The van der Waals surface area contributed by atoms with E-state index in [1.807, 2.05) is 97.1 Å². The van der Waals surface area contributed by atoms with Gasteiger partial charge in [-0.05, 0) is 115 Å². The van der Waals surface area contributed by atoms with Gasteiger partial charge in [-0.3, -0.25) is 4.79 Å². The molecule has 0 bridgehead atoms. The minimum Gasteiger partial charge on any atom is -0.497 e. The molecule has 11 nitrogen and oxygen atoms in total. The summed E-state index contributed by atoms with van der Waals surface area (Å²) in [6, 6.07) is 30.7. The Labute approximate surface area is 341 Å². The standard InChI is InChI=1S/C43H57NO10P2Si/c1-29(45)44-39-41(54-56(36-24-16-32(48-7)17-25-36)37-26-18-33(49-8)19-27-37)40(38(52-42(39)50-9)28-51-57(10,11)43(2,3)4)53-55(34-20-12-30(46-5)13-21-34)35-22-14-31(47-6)15-23-35/h12-27,38-42H,28H2,1-11H3,(H,44,45)/t38-,39-,40-,41-,42-/m1/s1. The van der Waals surface area contributed by atoms with Gasteiger partial charge >= 0.3 is 0 Å². The number of methoxy groups -OCH3 is 5. The summed E-state index contributed by atoms with van der Waals surface area (Å²) >= 11 is 0. The van der Waals surface area contributed by atoms with Crippen LogP contribution in [0.15, 0.2) is 97.1 Å². The molecule has 0 spiro atoms. The van der Waals surface area contributed by atoms with Crippen molar-refractivity contribution < 1.29 is 46.7 Å². The summed E-state index contributed by atoms with van der Waals surface area (Å²) < 4.78 is 56.7. The smallest absolute Gasteiger partial charge is 0.217 e. The number of hydrogen-bond acceptors (Lipinski definition) is 10. The highest BCUT2D eigenvalue weighted by molar-refractivity contribution is 7.69. The number of rotatable bonds is 17. The maximum atomic E-state index is 13.0. The van der Waals surface area contributed by atoms with Crippen molar-refractivity contribution in [3.8, 4) is 23.0 Å². The minimum absolute atomic E-state index is 0.0663. The van der Waals surface area contributed by atoms with Crippen molar-refractivity contribution in [2.45, 2.75) is 76.5 Å². The predicted octanol–water partition coefficient (Wildman–Crippen LogP) is 6.78. The number of benzene rings is 4. The first-order valence-corrected chi connectivity index (χ1v) is 24.2. The van der Waals surface area contributed by atoms with Crippen molar-refractivity contribution in [1.82, 2.24) is 5.32 Å². The van der Waals surface area contributed by atoms with Gasteiger partial charge in [0.15, 0.2) is 14.6 Å². The van der Waals surface area contributed by atoms with Gasteiger partial charge in [-0.1, -0.05) is 20.8 Å². The Kier molecular flexibility index (Phi) is 15.6. The van der Waals surface area contributed by atoms with Crippen molar-refractivity contribution >= 4 is 51.7 Å². The molecule has 5 atom stereocenters. The molecule has 0 saturated carbocycles. The Balaban J connectivity index is 1.70. The van der Waals surface area contributed by atoms with E-state index in [4.69, 9.17) is 41.9 Å². The quantitative estimate of drug-likeness (QED) is 0.0903. The summed E-state index contributed by atoms with van der Waals surface area (Å²) in [4.78, 5) is 13.0. The number of amides is 1. The summed E-state index contributed by atoms with van der Waals surface area (Å²) in [6.45, 7) is 12.7. The van der Waals surface area contributed by atoms with E-state index >= 15 is 0 Å². The number of ether oxygens (including phenoxy) is 6. The summed E-state index contributed by atoms with van der Waals surface area (Å²) in [5, 5.41) is 6.80. The lowest BCUT2D eigenvalue weighted by Gasteiger charge is -2.48. The lowest BCUT2D eigenvalue weighted by molar-refractivity contribution is -0.250. The highest BCUT2D eigenvalue weighted by Gasteiger charge is 2.51. The van der Waals surface area contributed by atoms with Crippen molar-refractivity contribution in [2.24, 2.45) is 0 Å². The van der Waals surface area contributed by atoms with E-state index in [2.05, 4.69) is 39.2 Å². The van der Waals surface area contributed by atoms with Gasteiger partial charge in [-0.2, -0.15) is 0 Å². The molecular weight excluding hydrogens is 781 g/mol. The molecule has 14 heteroatoms. The molecule has 1 amide bonds. The van der Waals surface area contributed by atoms with Gasteiger partial charge in [0.2, 0.25) is 5.91 Å². The average molecular weight is 838 g/mol. The Morgan fingerprint density at radius 3 is 1.28 bits per heavy atom. The van der Waals surface area contributed by atoms with Crippen LogP contribution < -0.4 is 45.5 Å². The molecule has 0 unspecified atom stereocenters. The molecule has 5 rings (SSSR count). The number of nitrogens with one attached hydrogen (secondary N) is 1. The zero-order chi connectivity index (χ0) is 41.3. The molecule has 4 aromatic rings. The second-order valence-corrected chi connectivity index (χ2v) is 23.6. The highest BCUT2D eigenvalue weighted by atomic mass is 31.1. The lowest BCUT2D eigenvalue weighted by Crippen LogP contribution is -2.66. The van der Waals surface area contributed by atoms with Gasteiger partial charge in [0.05, 0.1) is 51.3 Å². The van der Waals surface area contributed by atoms with Gasteiger partial charge < -0.3 is 47.2 Å². The van der Waals surface area contributed by atoms with E-state index in [0.29, 0.717) is 0 Å². The third-order valence-corrected chi connectivity index (χ3v) is 18.8. The van der Waals surface area contributed by atoms with E-state index in [1.165, 1.54) is 6.92 Å². The molecule has 1 N–H and O–H groups in total. The van der Waals surface area contributed by atoms with Crippen LogP contribution in [0.25, 0.3) is 0 Å². The molecule has 1 aliphatic heterocycles. The highest BCUT2D eigenvalue weighted by Crippen LogP contribution is 2.47. The Morgan fingerprint density at radius 1 is 0.632 bits per heavy atom. The molecule has 1 heterocycles. The van der Waals surface area contributed by atoms with Crippen LogP contribution in [0.2, 0.25) is 18.1 Å². The molecule has 1 saturated heterocycles. The van der Waals surface area contributed by atoms with Gasteiger partial charge in [0.25, 0.3) is 0 Å². The van der Waals surface area contributed by atoms with Crippen molar-refractivity contribution in [3.05, 3.63) is 97.1 Å². The fourth-order valence-corrected chi connectivity index (χ4v) is 10.8. The number of carbonyl (C=O) groups is 1. The normalized spacial score (nSPS) is 20.0. The van der Waals surface area contributed by atoms with E-state index in [-0.39, 0.29) is 17.6 Å². The Hall–Kier alpha value is -3.57. The van der Waals surface area contributed by atoms with Crippen LogP contribution in [0.5, 0.6) is 23.0 Å². The zero-order valence-electron chi connectivity index (χ0n) is 34.8. The molecular formula is C43H57NO10P2Si. The molecule has 0 aliphatic carbocycles. The second-order valence-electron chi connectivity index (χ2n) is 15.1. The summed E-state index contributed by atoms with van der Waals surface area (Å²) in [7, 11) is 2.79. The van der Waals surface area contributed by atoms with Crippen molar-refractivity contribution in [3.63, 3.8) is 0 Å². The molecule has 1 fully saturated rings. The van der Waals surface area contributed by atoms with Crippen molar-refractivity contribution in [1.29, 1.82) is 0 Å². The first-order valence-electron chi connectivity index (χ1n) is 18.8. The first-order chi connectivity index (χ1) is 27.2. The predicted molar refractivity (Wildman–Crippen MR) is 231 cm³/mol. The number of carbonyl (C=O) groups excluding carboxylic acids is 1. The monoisotopic (exact) mass is 837 g/mol. The van der Waals surface area contributed by atoms with Crippen molar-refractivity contribution in [2.75, 3.05) is 42.2 Å². The lowest BCUT2D eigenvalue weighted by atomic mass is 9.97. The van der Waals surface area contributed by atoms with Crippen LogP contribution in [-0.4, -0.2) is 87.0 Å². The third kappa shape index (κ3) is 11.1. The number of hydrogen-bond donors (Lipinski definition) is 1. The molecule has 57 heavy (non-hydrogen) atoms. The molecule has 0 aromatic heterocycles. The SMILES string of the molecule is COc1ccc(P(O[C@@H]2[C@@H](NC(C)=O)[C@H](OC)O[C@H](CO[Si](C)(C)C(C)(C)C)[C@H]2OP(c2ccc(OC)cc2)c2ccc(OC)cc2)c2ccc(OC)cc2)cc1. The molecule has 0 radical (unpaired) electrons. The average Bonchev–Trinajstić information content (AvgIpc) is 3.21. The van der Waals surface area contributed by atoms with Crippen LogP contribution in [0.4, 0.5) is 0 Å². The third-order valence-electron chi connectivity index (χ3n) is 10.3.